The summed E-state index contributed by atoms with van der Waals surface area (Å²) in [5.74, 6) is -0.0490. The van der Waals surface area contributed by atoms with Crippen molar-refractivity contribution >= 4 is 11.5 Å². The Morgan fingerprint density at radius 2 is 1.89 bits per heavy atom. The minimum Gasteiger partial charge on any atom is -0.508 e. The highest BCUT2D eigenvalue weighted by atomic mass is 16.3. The topological polar surface area (TPSA) is 73.1 Å². The number of carbonyl (C=O) groups is 1. The molecular weight excluding hydrogens is 228 g/mol. The number of phenolic OH excluding ortho intramolecular Hbond substituents is 1. The molecular formula is C14H16N2O2. The van der Waals surface area contributed by atoms with Gasteiger partial charge in [-0.2, -0.15) is 5.26 Å². The Labute approximate surface area is 107 Å². The van der Waals surface area contributed by atoms with Crippen molar-refractivity contribution in [3.8, 4) is 11.8 Å². The highest BCUT2D eigenvalue weighted by Gasteiger charge is 2.24. The second kappa shape index (κ2) is 5.37. The van der Waals surface area contributed by atoms with Crippen LogP contribution in [0.1, 0.15) is 20.8 Å². The van der Waals surface area contributed by atoms with Crippen molar-refractivity contribution in [3.63, 3.8) is 0 Å². The summed E-state index contributed by atoms with van der Waals surface area (Å²) < 4.78 is 0. The van der Waals surface area contributed by atoms with Crippen molar-refractivity contribution in [1.29, 1.82) is 5.26 Å². The third kappa shape index (κ3) is 3.63. The molecule has 0 fully saturated rings. The second-order valence-corrected chi connectivity index (χ2v) is 4.94. The largest absolute Gasteiger partial charge is 0.508 e. The van der Waals surface area contributed by atoms with E-state index in [9.17, 15) is 4.79 Å². The molecule has 0 spiro atoms. The first kappa shape index (κ1) is 13.8. The van der Waals surface area contributed by atoms with Crippen LogP contribution in [0.2, 0.25) is 0 Å². The molecule has 0 heterocycles. The number of carbonyl (C=O) groups excluding carboxylic acids is 1. The zero-order valence-electron chi connectivity index (χ0n) is 10.7. The molecule has 94 valence electrons. The van der Waals surface area contributed by atoms with Crippen LogP contribution in [0.3, 0.4) is 0 Å². The van der Waals surface area contributed by atoms with Gasteiger partial charge in [-0.05, 0) is 24.3 Å². The van der Waals surface area contributed by atoms with Gasteiger partial charge in [-0.3, -0.25) is 4.79 Å². The fourth-order valence-corrected chi connectivity index (χ4v) is 1.27. The molecule has 0 aliphatic rings. The first-order valence-corrected chi connectivity index (χ1v) is 5.55. The monoisotopic (exact) mass is 244 g/mol. The van der Waals surface area contributed by atoms with Gasteiger partial charge in [0.15, 0.2) is 5.78 Å². The SMILES string of the molecule is CC(C)(C)C(=O)/C(C#N)=C\Nc1ccc(O)cc1. The van der Waals surface area contributed by atoms with Crippen molar-refractivity contribution in [1.82, 2.24) is 0 Å². The number of Topliss-reactive ketones (excluding diaryl/α,β-unsaturated/α-hetero) is 1. The van der Waals surface area contributed by atoms with Gasteiger partial charge in [0.1, 0.15) is 17.4 Å². The molecule has 0 radical (unpaired) electrons. The molecule has 0 aliphatic heterocycles. The van der Waals surface area contributed by atoms with E-state index < -0.39 is 5.41 Å². The molecule has 4 nitrogen and oxygen atoms in total. The molecule has 0 saturated heterocycles. The number of nitriles is 1. The van der Waals surface area contributed by atoms with Crippen molar-refractivity contribution in [2.45, 2.75) is 20.8 Å². The second-order valence-electron chi connectivity index (χ2n) is 4.94. The predicted octanol–water partition coefficient (Wildman–Crippen LogP) is 2.83. The van der Waals surface area contributed by atoms with Gasteiger partial charge < -0.3 is 10.4 Å². The molecule has 1 rings (SSSR count). The number of anilines is 1. The molecule has 0 aromatic heterocycles. The van der Waals surface area contributed by atoms with E-state index in [0.717, 1.165) is 0 Å². The molecule has 0 atom stereocenters. The number of aromatic hydroxyl groups is 1. The van der Waals surface area contributed by atoms with Crippen molar-refractivity contribution in [2.75, 3.05) is 5.32 Å². The summed E-state index contributed by atoms with van der Waals surface area (Å²) in [7, 11) is 0. The first-order chi connectivity index (χ1) is 8.34. The van der Waals surface area contributed by atoms with Gasteiger partial charge in [0.05, 0.1) is 0 Å². The number of nitrogens with one attached hydrogen (secondary N) is 1. The third-order valence-corrected chi connectivity index (χ3v) is 2.30. The number of benzene rings is 1. The van der Waals surface area contributed by atoms with E-state index in [2.05, 4.69) is 5.32 Å². The van der Waals surface area contributed by atoms with Gasteiger partial charge in [-0.25, -0.2) is 0 Å². The van der Waals surface area contributed by atoms with Crippen molar-refractivity contribution in [2.24, 2.45) is 5.41 Å². The van der Waals surface area contributed by atoms with Gasteiger partial charge in [-0.15, -0.1) is 0 Å². The summed E-state index contributed by atoms with van der Waals surface area (Å²) in [4.78, 5) is 11.9. The molecule has 0 bridgehead atoms. The van der Waals surface area contributed by atoms with Crippen LogP contribution in [0.4, 0.5) is 5.69 Å². The lowest BCUT2D eigenvalue weighted by molar-refractivity contribution is -0.122. The molecule has 0 unspecified atom stereocenters. The van der Waals surface area contributed by atoms with Crippen LogP contribution < -0.4 is 5.32 Å². The summed E-state index contributed by atoms with van der Waals surface area (Å²) in [5.41, 5.74) is 0.191. The van der Waals surface area contributed by atoms with Crippen LogP contribution in [0, 0.1) is 16.7 Å². The lowest BCUT2D eigenvalue weighted by Crippen LogP contribution is -2.22. The Bertz CT molecular complexity index is 502. The van der Waals surface area contributed by atoms with E-state index in [1.165, 1.54) is 18.3 Å². The number of hydrogen-bond donors (Lipinski definition) is 2. The highest BCUT2D eigenvalue weighted by molar-refractivity contribution is 6.02. The maximum absolute atomic E-state index is 11.9. The molecule has 0 saturated carbocycles. The Morgan fingerprint density at radius 1 is 1.33 bits per heavy atom. The van der Waals surface area contributed by atoms with E-state index in [4.69, 9.17) is 10.4 Å². The van der Waals surface area contributed by atoms with E-state index in [0.29, 0.717) is 5.69 Å². The molecule has 1 aromatic carbocycles. The standard InChI is InChI=1S/C14H16N2O2/c1-14(2,3)13(18)10(8-15)9-16-11-4-6-12(17)7-5-11/h4-7,9,16-17H,1-3H3/b10-9-. The molecule has 18 heavy (non-hydrogen) atoms. The summed E-state index contributed by atoms with van der Waals surface area (Å²) in [5, 5.41) is 20.9. The summed E-state index contributed by atoms with van der Waals surface area (Å²) in [6, 6.07) is 8.24. The molecule has 0 amide bonds. The lowest BCUT2D eigenvalue weighted by Gasteiger charge is -2.15. The predicted molar refractivity (Wildman–Crippen MR) is 69.9 cm³/mol. The quantitative estimate of drug-likeness (QED) is 0.487. The normalized spacial score (nSPS) is 11.8. The van der Waals surface area contributed by atoms with Crippen molar-refractivity contribution < 1.29 is 9.90 Å². The van der Waals surface area contributed by atoms with Gasteiger partial charge in [0, 0.05) is 17.3 Å². The zero-order valence-corrected chi connectivity index (χ0v) is 10.7. The Morgan fingerprint density at radius 3 is 2.33 bits per heavy atom. The van der Waals surface area contributed by atoms with E-state index in [1.54, 1.807) is 32.9 Å². The maximum Gasteiger partial charge on any atom is 0.180 e. The molecule has 2 N–H and O–H groups in total. The van der Waals surface area contributed by atoms with Crippen molar-refractivity contribution in [3.05, 3.63) is 36.0 Å². The third-order valence-electron chi connectivity index (χ3n) is 2.30. The summed E-state index contributed by atoms with van der Waals surface area (Å²) in [6.07, 6.45) is 1.39. The number of allylic oxidation sites excluding steroid dienone is 1. The highest BCUT2D eigenvalue weighted by Crippen LogP contribution is 2.20. The molecule has 1 aromatic rings. The summed E-state index contributed by atoms with van der Waals surface area (Å²) in [6.45, 7) is 5.29. The number of hydrogen-bond acceptors (Lipinski definition) is 4. The Kier molecular flexibility index (Phi) is 4.11. The van der Waals surface area contributed by atoms with Gasteiger partial charge in [0.25, 0.3) is 0 Å². The molecule has 4 heteroatoms. The summed E-state index contributed by atoms with van der Waals surface area (Å²) >= 11 is 0. The molecule has 0 aliphatic carbocycles. The van der Waals surface area contributed by atoms with E-state index in [-0.39, 0.29) is 17.1 Å². The Balaban J connectivity index is 2.85. The first-order valence-electron chi connectivity index (χ1n) is 5.55. The van der Waals surface area contributed by atoms with Crippen LogP contribution in [0.15, 0.2) is 36.0 Å². The average molecular weight is 244 g/mol. The Hall–Kier alpha value is -2.28. The van der Waals surface area contributed by atoms with Crippen LogP contribution in [0.25, 0.3) is 0 Å². The maximum atomic E-state index is 11.9. The average Bonchev–Trinajstić information content (AvgIpc) is 2.31. The number of nitrogens with zero attached hydrogens (tertiary/aromatic N) is 1. The smallest absolute Gasteiger partial charge is 0.180 e. The van der Waals surface area contributed by atoms with E-state index in [1.807, 2.05) is 6.07 Å². The van der Waals surface area contributed by atoms with Gasteiger partial charge in [-0.1, -0.05) is 20.8 Å². The van der Waals surface area contributed by atoms with Crippen LogP contribution in [0.5, 0.6) is 5.75 Å². The fraction of sp³-hybridized carbons (Fsp3) is 0.286. The van der Waals surface area contributed by atoms with Gasteiger partial charge in [0.2, 0.25) is 0 Å². The van der Waals surface area contributed by atoms with E-state index >= 15 is 0 Å². The fourth-order valence-electron chi connectivity index (χ4n) is 1.27. The number of rotatable bonds is 3. The van der Waals surface area contributed by atoms with Crippen LogP contribution in [-0.4, -0.2) is 10.9 Å². The van der Waals surface area contributed by atoms with Crippen LogP contribution >= 0.6 is 0 Å². The van der Waals surface area contributed by atoms with Crippen LogP contribution in [-0.2, 0) is 4.79 Å². The number of ketones is 1. The van der Waals surface area contributed by atoms with Gasteiger partial charge >= 0.3 is 0 Å². The minimum atomic E-state index is -0.585. The number of phenols is 1. The minimum absolute atomic E-state index is 0.0792. The zero-order chi connectivity index (χ0) is 13.8. The lowest BCUT2D eigenvalue weighted by atomic mass is 9.87.